The summed E-state index contributed by atoms with van der Waals surface area (Å²) in [6.45, 7) is 1.87. The van der Waals surface area contributed by atoms with Crippen LogP contribution in [0.25, 0.3) is 10.9 Å². The predicted molar refractivity (Wildman–Crippen MR) is 102 cm³/mol. The Morgan fingerprint density at radius 2 is 1.89 bits per heavy atom. The van der Waals surface area contributed by atoms with Crippen LogP contribution < -0.4 is 5.43 Å². The second-order valence-corrected chi connectivity index (χ2v) is 6.90. The zero-order valence-electron chi connectivity index (χ0n) is 14.7. The zero-order valence-corrected chi connectivity index (χ0v) is 16.3. The van der Waals surface area contributed by atoms with Crippen LogP contribution in [0.1, 0.15) is 28.4 Å². The van der Waals surface area contributed by atoms with Gasteiger partial charge >= 0.3 is 12.1 Å². The van der Waals surface area contributed by atoms with E-state index in [2.05, 4.69) is 15.9 Å². The summed E-state index contributed by atoms with van der Waals surface area (Å²) >= 11 is 3.43. The van der Waals surface area contributed by atoms with E-state index in [-0.39, 0.29) is 24.1 Å². The van der Waals surface area contributed by atoms with Crippen molar-refractivity contribution in [3.05, 3.63) is 80.0 Å². The van der Waals surface area contributed by atoms with Gasteiger partial charge in [0.25, 0.3) is 0 Å². The molecular weight excluding hydrogens is 439 g/mol. The number of aromatic nitrogens is 1. The van der Waals surface area contributed by atoms with Gasteiger partial charge in [-0.15, -0.1) is 0 Å². The number of nitrogens with zero attached hydrogens (tertiary/aromatic N) is 1. The van der Waals surface area contributed by atoms with Gasteiger partial charge in [0.2, 0.25) is 5.43 Å². The van der Waals surface area contributed by atoms with Crippen molar-refractivity contribution in [3.63, 3.8) is 0 Å². The molecule has 146 valence electrons. The maximum absolute atomic E-state index is 13.1. The van der Waals surface area contributed by atoms with Crippen LogP contribution in [0, 0.1) is 0 Å². The van der Waals surface area contributed by atoms with E-state index in [1.807, 2.05) is 24.3 Å². The molecule has 0 radical (unpaired) electrons. The second-order valence-electron chi connectivity index (χ2n) is 6.04. The van der Waals surface area contributed by atoms with Gasteiger partial charge in [-0.1, -0.05) is 34.1 Å². The molecule has 0 aliphatic carbocycles. The Balaban J connectivity index is 2.26. The van der Waals surface area contributed by atoms with E-state index in [1.165, 1.54) is 12.3 Å². The molecule has 0 N–H and O–H groups in total. The first-order chi connectivity index (χ1) is 13.2. The lowest BCUT2D eigenvalue weighted by Crippen LogP contribution is -2.22. The lowest BCUT2D eigenvalue weighted by Gasteiger charge is -2.15. The fourth-order valence-corrected chi connectivity index (χ4v) is 3.28. The lowest BCUT2D eigenvalue weighted by molar-refractivity contribution is -0.137. The van der Waals surface area contributed by atoms with Gasteiger partial charge in [-0.2, -0.15) is 13.2 Å². The van der Waals surface area contributed by atoms with Crippen LogP contribution in [0.3, 0.4) is 0 Å². The molecule has 0 amide bonds. The Kier molecular flexibility index (Phi) is 5.60. The summed E-state index contributed by atoms with van der Waals surface area (Å²) in [6.07, 6.45) is -3.27. The minimum atomic E-state index is -4.60. The Morgan fingerprint density at radius 3 is 2.54 bits per heavy atom. The van der Waals surface area contributed by atoms with Crippen molar-refractivity contribution in [2.45, 2.75) is 19.6 Å². The molecule has 1 heterocycles. The minimum absolute atomic E-state index is 0.0448. The Bertz CT molecular complexity index is 1110. The van der Waals surface area contributed by atoms with Crippen molar-refractivity contribution in [1.82, 2.24) is 4.57 Å². The predicted octanol–water partition coefficient (Wildman–Crippen LogP) is 5.01. The number of alkyl halides is 3. The van der Waals surface area contributed by atoms with Crippen LogP contribution >= 0.6 is 15.9 Å². The summed E-state index contributed by atoms with van der Waals surface area (Å²) < 4.78 is 46.6. The van der Waals surface area contributed by atoms with E-state index in [4.69, 9.17) is 4.74 Å². The standard InChI is InChI=1S/C20H15BrF3NO3/c1-2-28-19(27)15-11-25(10-12-5-3-4-6-16(12)21)17-8-7-13(20(22,23)24)9-14(17)18(15)26/h3-9,11H,2,10H2,1H3. The molecule has 0 unspecified atom stereocenters. The quantitative estimate of drug-likeness (QED) is 0.521. The highest BCUT2D eigenvalue weighted by atomic mass is 79.9. The molecule has 0 saturated heterocycles. The monoisotopic (exact) mass is 453 g/mol. The van der Waals surface area contributed by atoms with E-state index >= 15 is 0 Å². The number of pyridine rings is 1. The summed E-state index contributed by atoms with van der Waals surface area (Å²) in [5.41, 5.74) is -0.918. The maximum Gasteiger partial charge on any atom is 0.416 e. The largest absolute Gasteiger partial charge is 0.462 e. The SMILES string of the molecule is CCOC(=O)c1cn(Cc2ccccc2Br)c2ccc(C(F)(F)F)cc2c1=O. The fourth-order valence-electron chi connectivity index (χ4n) is 2.87. The van der Waals surface area contributed by atoms with Gasteiger partial charge in [-0.25, -0.2) is 4.79 Å². The minimum Gasteiger partial charge on any atom is -0.462 e. The van der Waals surface area contributed by atoms with E-state index < -0.39 is 23.1 Å². The third kappa shape index (κ3) is 3.96. The van der Waals surface area contributed by atoms with Crippen LogP contribution in [-0.4, -0.2) is 17.1 Å². The van der Waals surface area contributed by atoms with Crippen LogP contribution in [0.2, 0.25) is 0 Å². The van der Waals surface area contributed by atoms with Crippen LogP contribution in [0.15, 0.2) is 57.9 Å². The van der Waals surface area contributed by atoms with Gasteiger partial charge in [0.1, 0.15) is 5.56 Å². The van der Waals surface area contributed by atoms with Crippen molar-refractivity contribution in [2.75, 3.05) is 6.61 Å². The highest BCUT2D eigenvalue weighted by Gasteiger charge is 2.31. The average molecular weight is 454 g/mol. The number of ether oxygens (including phenoxy) is 1. The van der Waals surface area contributed by atoms with E-state index in [9.17, 15) is 22.8 Å². The molecule has 3 aromatic rings. The molecule has 0 aliphatic rings. The third-order valence-electron chi connectivity index (χ3n) is 4.20. The van der Waals surface area contributed by atoms with Crippen molar-refractivity contribution < 1.29 is 22.7 Å². The first kappa shape index (κ1) is 20.1. The number of rotatable bonds is 4. The summed E-state index contributed by atoms with van der Waals surface area (Å²) in [4.78, 5) is 24.9. The molecule has 0 bridgehead atoms. The summed E-state index contributed by atoms with van der Waals surface area (Å²) in [7, 11) is 0. The van der Waals surface area contributed by atoms with Gasteiger partial charge in [0.15, 0.2) is 0 Å². The third-order valence-corrected chi connectivity index (χ3v) is 4.97. The first-order valence-electron chi connectivity index (χ1n) is 8.37. The van der Waals surface area contributed by atoms with Gasteiger partial charge in [-0.05, 0) is 36.8 Å². The maximum atomic E-state index is 13.1. The molecule has 0 spiro atoms. The topological polar surface area (TPSA) is 48.3 Å². The number of benzene rings is 2. The number of hydrogen-bond acceptors (Lipinski definition) is 3. The zero-order chi connectivity index (χ0) is 20.5. The molecule has 0 saturated carbocycles. The van der Waals surface area contributed by atoms with Crippen molar-refractivity contribution in [2.24, 2.45) is 0 Å². The summed E-state index contributed by atoms with van der Waals surface area (Å²) in [5.74, 6) is -0.868. The molecule has 28 heavy (non-hydrogen) atoms. The number of halogens is 4. The average Bonchev–Trinajstić information content (AvgIpc) is 2.64. The molecule has 3 rings (SSSR count). The second kappa shape index (κ2) is 7.79. The van der Waals surface area contributed by atoms with Crippen molar-refractivity contribution in [3.8, 4) is 0 Å². The van der Waals surface area contributed by atoms with Gasteiger partial charge in [0.05, 0.1) is 17.7 Å². The summed E-state index contributed by atoms with van der Waals surface area (Å²) in [5, 5.41) is -0.188. The first-order valence-corrected chi connectivity index (χ1v) is 9.16. The Labute approximate surface area is 166 Å². The highest BCUT2D eigenvalue weighted by Crippen LogP contribution is 2.31. The smallest absolute Gasteiger partial charge is 0.416 e. The molecule has 0 aliphatic heterocycles. The van der Waals surface area contributed by atoms with Crippen molar-refractivity contribution >= 4 is 32.8 Å². The molecule has 0 fully saturated rings. The molecule has 4 nitrogen and oxygen atoms in total. The van der Waals surface area contributed by atoms with Gasteiger partial charge in [-0.3, -0.25) is 4.79 Å². The fraction of sp³-hybridized carbons (Fsp3) is 0.200. The van der Waals surface area contributed by atoms with E-state index in [0.29, 0.717) is 5.52 Å². The number of carbonyl (C=O) groups excluding carboxylic acids is 1. The number of carbonyl (C=O) groups is 1. The van der Waals surface area contributed by atoms with Crippen LogP contribution in [0.4, 0.5) is 13.2 Å². The summed E-state index contributed by atoms with van der Waals surface area (Å²) in [6, 6.07) is 10.2. The number of hydrogen-bond donors (Lipinski definition) is 0. The molecule has 8 heteroatoms. The van der Waals surface area contributed by atoms with Crippen LogP contribution in [0.5, 0.6) is 0 Å². The highest BCUT2D eigenvalue weighted by molar-refractivity contribution is 9.10. The Hall–Kier alpha value is -2.61. The van der Waals surface area contributed by atoms with E-state index in [0.717, 1.165) is 22.2 Å². The number of fused-ring (bicyclic) bond motifs is 1. The lowest BCUT2D eigenvalue weighted by atomic mass is 10.1. The van der Waals surface area contributed by atoms with E-state index in [1.54, 1.807) is 11.5 Å². The molecule has 1 aromatic heterocycles. The van der Waals surface area contributed by atoms with Gasteiger partial charge < -0.3 is 9.30 Å². The molecule has 0 atom stereocenters. The Morgan fingerprint density at radius 1 is 1.18 bits per heavy atom. The molecular formula is C20H15BrF3NO3. The number of esters is 1. The van der Waals surface area contributed by atoms with Crippen molar-refractivity contribution in [1.29, 1.82) is 0 Å². The normalized spacial score (nSPS) is 11.6. The van der Waals surface area contributed by atoms with Gasteiger partial charge in [0, 0.05) is 22.6 Å². The van der Waals surface area contributed by atoms with Crippen LogP contribution in [-0.2, 0) is 17.5 Å². The molecule has 2 aromatic carbocycles.